The van der Waals surface area contributed by atoms with Crippen molar-refractivity contribution in [2.45, 2.75) is 26.2 Å². The van der Waals surface area contributed by atoms with E-state index in [-0.39, 0.29) is 12.2 Å². The van der Waals surface area contributed by atoms with Gasteiger partial charge in [-0.15, -0.1) is 0 Å². The number of hydrogen-bond acceptors (Lipinski definition) is 2. The predicted molar refractivity (Wildman–Crippen MR) is 68.5 cm³/mol. The lowest BCUT2D eigenvalue weighted by Crippen LogP contribution is -1.99. The maximum atomic E-state index is 13.1. The smallest absolute Gasteiger partial charge is 0.303 e. The van der Waals surface area contributed by atoms with Gasteiger partial charge in [-0.3, -0.25) is 4.79 Å². The zero-order valence-corrected chi connectivity index (χ0v) is 10.6. The standard InChI is InChI=1S/C14H15FN2O2/c1-9-12(8-10-3-2-4-11(15)7-10)17-13(16-9)5-6-14(18)19/h2-4,7H,5-6,8H2,1H3,(H,16,17)(H,18,19). The fraction of sp³-hybridized carbons (Fsp3) is 0.286. The maximum Gasteiger partial charge on any atom is 0.303 e. The van der Waals surface area contributed by atoms with Crippen molar-refractivity contribution in [1.29, 1.82) is 0 Å². The number of benzene rings is 1. The number of aryl methyl sites for hydroxylation is 2. The van der Waals surface area contributed by atoms with Gasteiger partial charge in [0.1, 0.15) is 11.6 Å². The first-order chi connectivity index (χ1) is 9.04. The van der Waals surface area contributed by atoms with Crippen molar-refractivity contribution in [2.24, 2.45) is 0 Å². The number of aliphatic carboxylic acids is 1. The summed E-state index contributed by atoms with van der Waals surface area (Å²) in [5.74, 6) is -0.455. The summed E-state index contributed by atoms with van der Waals surface area (Å²) in [6.45, 7) is 1.88. The Morgan fingerprint density at radius 3 is 2.95 bits per heavy atom. The zero-order chi connectivity index (χ0) is 13.8. The molecule has 2 rings (SSSR count). The molecule has 0 aliphatic carbocycles. The van der Waals surface area contributed by atoms with E-state index in [2.05, 4.69) is 9.97 Å². The normalized spacial score (nSPS) is 10.6. The highest BCUT2D eigenvalue weighted by Gasteiger charge is 2.09. The number of H-pyrrole nitrogens is 1. The quantitative estimate of drug-likeness (QED) is 0.869. The average molecular weight is 262 g/mol. The molecule has 1 aromatic heterocycles. The third-order valence-corrected chi connectivity index (χ3v) is 2.87. The van der Waals surface area contributed by atoms with Crippen LogP contribution in [0.3, 0.4) is 0 Å². The molecule has 0 aliphatic rings. The van der Waals surface area contributed by atoms with Gasteiger partial charge in [0.25, 0.3) is 0 Å². The number of carbonyl (C=O) groups is 1. The van der Waals surface area contributed by atoms with Crippen molar-refractivity contribution < 1.29 is 14.3 Å². The Balaban J connectivity index is 2.10. The highest BCUT2D eigenvalue weighted by molar-refractivity contribution is 5.66. The molecule has 0 bridgehead atoms. The molecule has 1 aromatic carbocycles. The van der Waals surface area contributed by atoms with E-state index in [1.807, 2.05) is 13.0 Å². The van der Waals surface area contributed by atoms with Gasteiger partial charge in [0.05, 0.1) is 12.1 Å². The molecule has 0 saturated carbocycles. The van der Waals surface area contributed by atoms with Crippen molar-refractivity contribution in [3.8, 4) is 0 Å². The van der Waals surface area contributed by atoms with E-state index < -0.39 is 5.97 Å². The van der Waals surface area contributed by atoms with Crippen LogP contribution in [0.25, 0.3) is 0 Å². The van der Waals surface area contributed by atoms with Crippen LogP contribution in [0.1, 0.15) is 29.2 Å². The van der Waals surface area contributed by atoms with E-state index in [4.69, 9.17) is 5.11 Å². The summed E-state index contributed by atoms with van der Waals surface area (Å²) in [5.41, 5.74) is 2.56. The number of imidazole rings is 1. The van der Waals surface area contributed by atoms with E-state index in [1.54, 1.807) is 6.07 Å². The molecule has 0 saturated heterocycles. The van der Waals surface area contributed by atoms with Gasteiger partial charge >= 0.3 is 5.97 Å². The molecule has 100 valence electrons. The van der Waals surface area contributed by atoms with Gasteiger partial charge in [0.15, 0.2) is 0 Å². The van der Waals surface area contributed by atoms with Crippen LogP contribution in [-0.4, -0.2) is 21.0 Å². The van der Waals surface area contributed by atoms with Crippen LogP contribution >= 0.6 is 0 Å². The molecule has 2 aromatic rings. The lowest BCUT2D eigenvalue weighted by molar-refractivity contribution is -0.137. The SMILES string of the molecule is Cc1[nH]c(CCC(=O)O)nc1Cc1cccc(F)c1. The van der Waals surface area contributed by atoms with Gasteiger partial charge in [-0.2, -0.15) is 0 Å². The summed E-state index contributed by atoms with van der Waals surface area (Å²) in [7, 11) is 0. The van der Waals surface area contributed by atoms with Crippen LogP contribution < -0.4 is 0 Å². The molecule has 19 heavy (non-hydrogen) atoms. The minimum atomic E-state index is -0.847. The van der Waals surface area contributed by atoms with Gasteiger partial charge in [0.2, 0.25) is 0 Å². The average Bonchev–Trinajstić information content (AvgIpc) is 2.68. The van der Waals surface area contributed by atoms with E-state index in [1.165, 1.54) is 12.1 Å². The molecular formula is C14H15FN2O2. The van der Waals surface area contributed by atoms with Crippen LogP contribution in [0.4, 0.5) is 4.39 Å². The lowest BCUT2D eigenvalue weighted by atomic mass is 10.1. The monoisotopic (exact) mass is 262 g/mol. The topological polar surface area (TPSA) is 66.0 Å². The van der Waals surface area contributed by atoms with Gasteiger partial charge in [-0.1, -0.05) is 12.1 Å². The second-order valence-electron chi connectivity index (χ2n) is 4.46. The van der Waals surface area contributed by atoms with Crippen LogP contribution in [0.2, 0.25) is 0 Å². The Morgan fingerprint density at radius 2 is 2.26 bits per heavy atom. The number of carboxylic acid groups (broad SMARTS) is 1. The highest BCUT2D eigenvalue weighted by Crippen LogP contribution is 2.13. The maximum absolute atomic E-state index is 13.1. The molecule has 0 atom stereocenters. The Hall–Kier alpha value is -2.17. The van der Waals surface area contributed by atoms with E-state index >= 15 is 0 Å². The first-order valence-electron chi connectivity index (χ1n) is 6.05. The van der Waals surface area contributed by atoms with E-state index in [9.17, 15) is 9.18 Å². The molecule has 0 radical (unpaired) electrons. The number of aromatic nitrogens is 2. The van der Waals surface area contributed by atoms with Crippen molar-refractivity contribution in [2.75, 3.05) is 0 Å². The largest absolute Gasteiger partial charge is 0.481 e. The van der Waals surface area contributed by atoms with Gasteiger partial charge in [0, 0.05) is 18.5 Å². The van der Waals surface area contributed by atoms with Crippen LogP contribution in [0.5, 0.6) is 0 Å². The second-order valence-corrected chi connectivity index (χ2v) is 4.46. The summed E-state index contributed by atoms with van der Waals surface area (Å²) in [6.07, 6.45) is 0.957. The number of halogens is 1. The highest BCUT2D eigenvalue weighted by atomic mass is 19.1. The molecule has 0 fully saturated rings. The Kier molecular flexibility index (Phi) is 3.94. The molecule has 0 spiro atoms. The van der Waals surface area contributed by atoms with E-state index in [0.29, 0.717) is 18.7 Å². The van der Waals surface area contributed by atoms with Crippen LogP contribution in [0, 0.1) is 12.7 Å². The molecule has 0 aliphatic heterocycles. The van der Waals surface area contributed by atoms with Gasteiger partial charge < -0.3 is 10.1 Å². The van der Waals surface area contributed by atoms with E-state index in [0.717, 1.165) is 17.0 Å². The third-order valence-electron chi connectivity index (χ3n) is 2.87. The predicted octanol–water partition coefficient (Wildman–Crippen LogP) is 2.47. The minimum absolute atomic E-state index is 0.0480. The summed E-state index contributed by atoms with van der Waals surface area (Å²) in [5, 5.41) is 8.63. The van der Waals surface area contributed by atoms with Crippen LogP contribution in [0.15, 0.2) is 24.3 Å². The Morgan fingerprint density at radius 1 is 1.47 bits per heavy atom. The molecule has 5 heteroatoms. The number of aromatic amines is 1. The van der Waals surface area contributed by atoms with Crippen molar-refractivity contribution in [3.05, 3.63) is 52.9 Å². The van der Waals surface area contributed by atoms with Gasteiger partial charge in [-0.05, 0) is 24.6 Å². The number of rotatable bonds is 5. The number of nitrogens with zero attached hydrogens (tertiary/aromatic N) is 1. The molecule has 0 unspecified atom stereocenters. The zero-order valence-electron chi connectivity index (χ0n) is 10.6. The molecule has 0 amide bonds. The number of nitrogens with one attached hydrogen (secondary N) is 1. The van der Waals surface area contributed by atoms with Crippen LogP contribution in [-0.2, 0) is 17.6 Å². The second kappa shape index (κ2) is 5.65. The molecular weight excluding hydrogens is 247 g/mol. The minimum Gasteiger partial charge on any atom is -0.481 e. The lowest BCUT2D eigenvalue weighted by Gasteiger charge is -1.99. The summed E-state index contributed by atoms with van der Waals surface area (Å²) in [6, 6.07) is 6.39. The summed E-state index contributed by atoms with van der Waals surface area (Å²) >= 11 is 0. The first-order valence-corrected chi connectivity index (χ1v) is 6.05. The first kappa shape index (κ1) is 13.3. The van der Waals surface area contributed by atoms with Gasteiger partial charge in [-0.25, -0.2) is 9.37 Å². The van der Waals surface area contributed by atoms with Crippen molar-refractivity contribution in [3.63, 3.8) is 0 Å². The molecule has 4 nitrogen and oxygen atoms in total. The Bertz CT molecular complexity index is 593. The van der Waals surface area contributed by atoms with Crippen molar-refractivity contribution in [1.82, 2.24) is 9.97 Å². The molecule has 1 heterocycles. The number of carboxylic acids is 1. The fourth-order valence-corrected chi connectivity index (χ4v) is 1.92. The summed E-state index contributed by atoms with van der Waals surface area (Å²) < 4.78 is 13.1. The Labute approximate surface area is 110 Å². The molecule has 2 N–H and O–H groups in total. The fourth-order valence-electron chi connectivity index (χ4n) is 1.92. The summed E-state index contributed by atoms with van der Waals surface area (Å²) in [4.78, 5) is 17.9. The number of hydrogen-bond donors (Lipinski definition) is 2. The van der Waals surface area contributed by atoms with Crippen molar-refractivity contribution >= 4 is 5.97 Å². The third kappa shape index (κ3) is 3.64.